The molecule has 9 nitrogen and oxygen atoms in total. The van der Waals surface area contributed by atoms with E-state index in [2.05, 4.69) is 20.2 Å². The molecule has 9 heteroatoms. The molecule has 1 aromatic carbocycles. The molecule has 5 rings (SSSR count). The summed E-state index contributed by atoms with van der Waals surface area (Å²) in [6.07, 6.45) is 5.34. The lowest BCUT2D eigenvalue weighted by Crippen LogP contribution is -2.11. The zero-order valence-corrected chi connectivity index (χ0v) is 19.1. The maximum absolute atomic E-state index is 12.3. The smallest absolute Gasteiger partial charge is 0.306 e. The van der Waals surface area contributed by atoms with Crippen molar-refractivity contribution in [2.45, 2.75) is 39.5 Å². The molecule has 0 bridgehead atoms. The van der Waals surface area contributed by atoms with Gasteiger partial charge in [0.2, 0.25) is 11.7 Å². The number of benzene rings is 1. The van der Waals surface area contributed by atoms with E-state index in [-0.39, 0.29) is 12.4 Å². The SMILES string of the molecule is Cc1nc2c3ccccc3nn2c(C)c1CCC(=O)OCCCc1nc(-c2cccnc2)no1. The minimum absolute atomic E-state index is 0.244. The Morgan fingerprint density at radius 3 is 2.82 bits per heavy atom. The summed E-state index contributed by atoms with van der Waals surface area (Å²) in [5, 5.41) is 9.66. The van der Waals surface area contributed by atoms with Crippen LogP contribution >= 0.6 is 0 Å². The number of ether oxygens (including phenoxy) is 1. The molecule has 0 saturated heterocycles. The molecule has 0 N–H and O–H groups in total. The van der Waals surface area contributed by atoms with Gasteiger partial charge in [0.15, 0.2) is 5.65 Å². The Morgan fingerprint density at radius 2 is 1.97 bits per heavy atom. The zero-order valence-electron chi connectivity index (χ0n) is 19.1. The number of rotatable bonds is 8. The molecule has 0 fully saturated rings. The Kier molecular flexibility index (Phi) is 5.99. The van der Waals surface area contributed by atoms with Crippen molar-refractivity contribution in [2.24, 2.45) is 0 Å². The van der Waals surface area contributed by atoms with Crippen LogP contribution in [-0.4, -0.2) is 42.3 Å². The highest BCUT2D eigenvalue weighted by Gasteiger charge is 2.15. The van der Waals surface area contributed by atoms with E-state index < -0.39 is 0 Å². The predicted molar refractivity (Wildman–Crippen MR) is 125 cm³/mol. The van der Waals surface area contributed by atoms with E-state index in [9.17, 15) is 4.79 Å². The molecule has 4 aromatic heterocycles. The van der Waals surface area contributed by atoms with Gasteiger partial charge >= 0.3 is 5.97 Å². The second-order valence-electron chi connectivity index (χ2n) is 8.09. The number of fused-ring (bicyclic) bond motifs is 3. The number of nitrogens with zero attached hydrogens (tertiary/aromatic N) is 6. The van der Waals surface area contributed by atoms with Crippen LogP contribution in [0.3, 0.4) is 0 Å². The van der Waals surface area contributed by atoms with Gasteiger partial charge in [0.05, 0.1) is 12.1 Å². The monoisotopic (exact) mass is 456 g/mol. The molecule has 0 aliphatic heterocycles. The van der Waals surface area contributed by atoms with Gasteiger partial charge in [-0.2, -0.15) is 10.1 Å². The molecule has 0 radical (unpaired) electrons. The van der Waals surface area contributed by atoms with Gasteiger partial charge in [0.1, 0.15) is 0 Å². The van der Waals surface area contributed by atoms with Gasteiger partial charge in [0.25, 0.3) is 0 Å². The molecular formula is C25H24N6O3. The predicted octanol–water partition coefficient (Wildman–Crippen LogP) is 4.05. The Labute approximate surface area is 195 Å². The number of aromatic nitrogens is 6. The summed E-state index contributed by atoms with van der Waals surface area (Å²) in [6.45, 7) is 4.28. The summed E-state index contributed by atoms with van der Waals surface area (Å²) in [6, 6.07) is 11.6. The van der Waals surface area contributed by atoms with Crippen molar-refractivity contribution in [3.63, 3.8) is 0 Å². The number of pyridine rings is 1. The number of hydrogen-bond acceptors (Lipinski definition) is 8. The van der Waals surface area contributed by atoms with Crippen molar-refractivity contribution in [2.75, 3.05) is 6.61 Å². The first-order valence-electron chi connectivity index (χ1n) is 11.2. The van der Waals surface area contributed by atoms with Crippen LogP contribution in [0.5, 0.6) is 0 Å². The van der Waals surface area contributed by atoms with Gasteiger partial charge < -0.3 is 9.26 Å². The molecule has 0 spiro atoms. The lowest BCUT2D eigenvalue weighted by atomic mass is 10.1. The first-order chi connectivity index (χ1) is 16.6. The number of hydrogen-bond donors (Lipinski definition) is 0. The zero-order chi connectivity index (χ0) is 23.5. The summed E-state index contributed by atoms with van der Waals surface area (Å²) in [4.78, 5) is 25.5. The van der Waals surface area contributed by atoms with Crippen LogP contribution in [0.15, 0.2) is 53.3 Å². The van der Waals surface area contributed by atoms with E-state index in [1.165, 1.54) is 0 Å². The van der Waals surface area contributed by atoms with E-state index >= 15 is 0 Å². The summed E-state index contributed by atoms with van der Waals surface area (Å²) in [7, 11) is 0. The number of carbonyl (C=O) groups is 1. The van der Waals surface area contributed by atoms with Gasteiger partial charge in [-0.15, -0.1) is 0 Å². The molecule has 0 saturated carbocycles. The molecule has 0 unspecified atom stereocenters. The van der Waals surface area contributed by atoms with Crippen LogP contribution in [0.4, 0.5) is 0 Å². The molecule has 0 aliphatic rings. The summed E-state index contributed by atoms with van der Waals surface area (Å²) in [5.74, 6) is 0.764. The number of esters is 1. The fraction of sp³-hybridized carbons (Fsp3) is 0.280. The largest absolute Gasteiger partial charge is 0.466 e. The molecule has 34 heavy (non-hydrogen) atoms. The van der Waals surface area contributed by atoms with Crippen LogP contribution in [-0.2, 0) is 22.4 Å². The van der Waals surface area contributed by atoms with Crippen LogP contribution in [0, 0.1) is 13.8 Å². The van der Waals surface area contributed by atoms with Crippen molar-refractivity contribution < 1.29 is 14.1 Å². The molecule has 172 valence electrons. The summed E-state index contributed by atoms with van der Waals surface area (Å²) >= 11 is 0. The Bertz CT molecular complexity index is 1460. The van der Waals surface area contributed by atoms with Gasteiger partial charge in [-0.05, 0) is 56.5 Å². The highest BCUT2D eigenvalue weighted by molar-refractivity contribution is 5.92. The van der Waals surface area contributed by atoms with Crippen LogP contribution < -0.4 is 0 Å². The van der Waals surface area contributed by atoms with Gasteiger partial charge in [-0.3, -0.25) is 9.78 Å². The lowest BCUT2D eigenvalue weighted by molar-refractivity contribution is -0.143. The number of aryl methyl sites for hydroxylation is 3. The Morgan fingerprint density at radius 1 is 1.09 bits per heavy atom. The fourth-order valence-corrected chi connectivity index (χ4v) is 4.02. The minimum atomic E-state index is -0.244. The average molecular weight is 457 g/mol. The highest BCUT2D eigenvalue weighted by Crippen LogP contribution is 2.23. The third-order valence-corrected chi connectivity index (χ3v) is 5.78. The Hall–Kier alpha value is -4.14. The standard InChI is InChI=1S/C25H24N6O3/c1-16-19(17(2)31-25(27-16)20-8-3-4-9-21(20)29-31)11-12-23(32)33-14-6-10-22-28-24(30-34-22)18-7-5-13-26-15-18/h3-5,7-9,13,15H,6,10-12,14H2,1-2H3. The first-order valence-corrected chi connectivity index (χ1v) is 11.2. The van der Waals surface area contributed by atoms with Gasteiger partial charge in [-0.25, -0.2) is 9.50 Å². The molecule has 0 amide bonds. The molecule has 4 heterocycles. The summed E-state index contributed by atoms with van der Waals surface area (Å²) < 4.78 is 12.5. The molecule has 5 aromatic rings. The van der Waals surface area contributed by atoms with Crippen molar-refractivity contribution in [3.05, 3.63) is 71.6 Å². The fourth-order valence-electron chi connectivity index (χ4n) is 4.02. The van der Waals surface area contributed by atoms with E-state index in [4.69, 9.17) is 14.2 Å². The van der Waals surface area contributed by atoms with Gasteiger partial charge in [0, 0.05) is 47.6 Å². The topological polar surface area (TPSA) is 108 Å². The molecular weight excluding hydrogens is 432 g/mol. The quantitative estimate of drug-likeness (QED) is 0.254. The van der Waals surface area contributed by atoms with Crippen molar-refractivity contribution in [1.29, 1.82) is 0 Å². The number of carbonyl (C=O) groups excluding carboxylic acids is 1. The lowest BCUT2D eigenvalue weighted by Gasteiger charge is -2.11. The molecule has 0 aliphatic carbocycles. The van der Waals surface area contributed by atoms with Crippen LogP contribution in [0.2, 0.25) is 0 Å². The third-order valence-electron chi connectivity index (χ3n) is 5.78. The van der Waals surface area contributed by atoms with E-state index in [1.807, 2.05) is 54.8 Å². The Balaban J connectivity index is 1.14. The maximum Gasteiger partial charge on any atom is 0.306 e. The van der Waals surface area contributed by atoms with Crippen LogP contribution in [0.25, 0.3) is 27.9 Å². The normalized spacial score (nSPS) is 11.4. The maximum atomic E-state index is 12.3. The minimum Gasteiger partial charge on any atom is -0.466 e. The van der Waals surface area contributed by atoms with Crippen molar-refractivity contribution >= 4 is 22.5 Å². The highest BCUT2D eigenvalue weighted by atomic mass is 16.5. The second-order valence-corrected chi connectivity index (χ2v) is 8.09. The third kappa shape index (κ3) is 4.36. The summed E-state index contributed by atoms with van der Waals surface area (Å²) in [5.41, 5.74) is 5.46. The van der Waals surface area contributed by atoms with Gasteiger partial charge in [-0.1, -0.05) is 17.3 Å². The van der Waals surface area contributed by atoms with E-state index in [0.717, 1.165) is 39.1 Å². The van der Waals surface area contributed by atoms with Crippen LogP contribution in [0.1, 0.15) is 35.7 Å². The molecule has 0 atom stereocenters. The van der Waals surface area contributed by atoms with E-state index in [1.54, 1.807) is 12.4 Å². The van der Waals surface area contributed by atoms with Crippen molar-refractivity contribution in [3.8, 4) is 11.4 Å². The van der Waals surface area contributed by atoms with E-state index in [0.29, 0.717) is 37.6 Å². The average Bonchev–Trinajstić information content (AvgIpc) is 3.47. The van der Waals surface area contributed by atoms with Crippen molar-refractivity contribution in [1.82, 2.24) is 29.7 Å². The first kappa shape index (κ1) is 21.7. The second kappa shape index (κ2) is 9.38.